The van der Waals surface area contributed by atoms with Crippen LogP contribution in [0.5, 0.6) is 0 Å². The minimum atomic E-state index is -0.784. The summed E-state index contributed by atoms with van der Waals surface area (Å²) in [4.78, 5) is 16.0. The van der Waals surface area contributed by atoms with Crippen molar-refractivity contribution in [2.24, 2.45) is 10.4 Å². The molecule has 1 aromatic carbocycles. The summed E-state index contributed by atoms with van der Waals surface area (Å²) >= 11 is 10.7. The fourth-order valence-electron chi connectivity index (χ4n) is 1.53. The minimum Gasteiger partial charge on any atom is -0.462 e. The third-order valence-electron chi connectivity index (χ3n) is 2.84. The van der Waals surface area contributed by atoms with Gasteiger partial charge in [0.15, 0.2) is 0 Å². The molecule has 108 valence electrons. The molecule has 0 N–H and O–H groups in total. The van der Waals surface area contributed by atoms with Crippen LogP contribution in [-0.2, 0) is 15.1 Å². The van der Waals surface area contributed by atoms with Gasteiger partial charge in [-0.2, -0.15) is 0 Å². The van der Waals surface area contributed by atoms with Gasteiger partial charge in [0.2, 0.25) is 0 Å². The highest BCUT2D eigenvalue weighted by Gasteiger charge is 2.31. The van der Waals surface area contributed by atoms with Gasteiger partial charge in [0.25, 0.3) is 0 Å². The molecule has 1 aromatic rings. The maximum Gasteiger partial charge on any atom is 0.311 e. The molecule has 0 saturated carbocycles. The van der Waals surface area contributed by atoms with Crippen molar-refractivity contribution in [2.75, 3.05) is 6.61 Å². The summed E-state index contributed by atoms with van der Waals surface area (Å²) in [5.41, 5.74) is -0.520. The smallest absolute Gasteiger partial charge is 0.311 e. The van der Waals surface area contributed by atoms with Crippen LogP contribution in [0.25, 0.3) is 0 Å². The molecule has 3 nitrogen and oxygen atoms in total. The van der Waals surface area contributed by atoms with Gasteiger partial charge in [0.05, 0.1) is 10.6 Å². The van der Waals surface area contributed by atoms with Crippen molar-refractivity contribution in [3.8, 4) is 0 Å². The zero-order valence-corrected chi connectivity index (χ0v) is 13.6. The number of isothiocyanates is 1. The van der Waals surface area contributed by atoms with Gasteiger partial charge in [0.1, 0.15) is 12.1 Å². The Kier molecular flexibility index (Phi) is 5.46. The highest BCUT2D eigenvalue weighted by molar-refractivity contribution is 7.78. The molecule has 0 aliphatic heterocycles. The second-order valence-electron chi connectivity index (χ2n) is 5.81. The number of aliphatic imine (C=N–C) groups is 1. The van der Waals surface area contributed by atoms with Crippen LogP contribution in [0, 0.1) is 5.41 Å². The van der Waals surface area contributed by atoms with Crippen LogP contribution < -0.4 is 0 Å². The van der Waals surface area contributed by atoms with Gasteiger partial charge >= 0.3 is 5.97 Å². The number of carbonyl (C=O) groups excluding carboxylic acids is 1. The Morgan fingerprint density at radius 3 is 2.55 bits per heavy atom. The first-order valence-corrected chi connectivity index (χ1v) is 7.00. The molecule has 1 rings (SSSR count). The van der Waals surface area contributed by atoms with Crippen LogP contribution >= 0.6 is 23.8 Å². The number of benzene rings is 1. The number of ether oxygens (including phenoxy) is 1. The Hall–Kier alpha value is -1.22. The summed E-state index contributed by atoms with van der Waals surface area (Å²) in [6.07, 6.45) is 0. The van der Waals surface area contributed by atoms with Crippen LogP contribution in [-0.4, -0.2) is 17.7 Å². The van der Waals surface area contributed by atoms with E-state index in [0.29, 0.717) is 5.02 Å². The van der Waals surface area contributed by atoms with Crippen molar-refractivity contribution in [3.05, 3.63) is 34.9 Å². The summed E-state index contributed by atoms with van der Waals surface area (Å²) < 4.78 is 5.36. The molecule has 0 amide bonds. The molecule has 0 spiro atoms. The molecule has 0 aliphatic rings. The normalized spacial score (nSPS) is 14.1. The van der Waals surface area contributed by atoms with E-state index in [-0.39, 0.29) is 12.6 Å². The van der Waals surface area contributed by atoms with Gasteiger partial charge < -0.3 is 4.74 Å². The van der Waals surface area contributed by atoms with E-state index in [1.807, 2.05) is 19.1 Å². The summed E-state index contributed by atoms with van der Waals surface area (Å²) in [6, 6.07) is 7.24. The molecule has 1 unspecified atom stereocenters. The van der Waals surface area contributed by atoms with E-state index >= 15 is 0 Å². The topological polar surface area (TPSA) is 38.7 Å². The van der Waals surface area contributed by atoms with Gasteiger partial charge in [-0.05, 0) is 57.6 Å². The Balaban J connectivity index is 2.99. The summed E-state index contributed by atoms with van der Waals surface area (Å²) in [5, 5.41) is 2.96. The molecule has 0 fully saturated rings. The standard InChI is InChI=1S/C15H18ClNO2S/c1-14(2,3)13(18)19-9-15(4,17-10-20)11-6-5-7-12(16)8-11/h5-8H,9H2,1-4H3. The Labute approximate surface area is 130 Å². The third kappa shape index (κ3) is 4.41. The van der Waals surface area contributed by atoms with Crippen LogP contribution in [0.4, 0.5) is 0 Å². The van der Waals surface area contributed by atoms with Gasteiger partial charge in [-0.1, -0.05) is 23.7 Å². The van der Waals surface area contributed by atoms with E-state index in [1.54, 1.807) is 32.9 Å². The third-order valence-corrected chi connectivity index (χ3v) is 3.16. The first-order chi connectivity index (χ1) is 9.19. The molecule has 20 heavy (non-hydrogen) atoms. The van der Waals surface area contributed by atoms with E-state index < -0.39 is 11.0 Å². The van der Waals surface area contributed by atoms with E-state index in [0.717, 1.165) is 5.56 Å². The number of carbonyl (C=O) groups is 1. The minimum absolute atomic E-state index is 0.0904. The quantitative estimate of drug-likeness (QED) is 0.474. The lowest BCUT2D eigenvalue weighted by atomic mass is 9.93. The van der Waals surface area contributed by atoms with Crippen LogP contribution in [0.3, 0.4) is 0 Å². The molecule has 0 bridgehead atoms. The van der Waals surface area contributed by atoms with Crippen molar-refractivity contribution in [1.29, 1.82) is 0 Å². The zero-order chi connectivity index (χ0) is 15.4. The van der Waals surface area contributed by atoms with Crippen LogP contribution in [0.15, 0.2) is 29.3 Å². The van der Waals surface area contributed by atoms with Gasteiger partial charge in [-0.15, -0.1) is 0 Å². The number of rotatable bonds is 4. The van der Waals surface area contributed by atoms with Crippen molar-refractivity contribution in [3.63, 3.8) is 0 Å². The molecule has 0 aromatic heterocycles. The second kappa shape index (κ2) is 6.49. The van der Waals surface area contributed by atoms with E-state index in [1.165, 1.54) is 0 Å². The predicted molar refractivity (Wildman–Crippen MR) is 84.2 cm³/mol. The molecule has 0 radical (unpaired) electrons. The van der Waals surface area contributed by atoms with Crippen molar-refractivity contribution in [2.45, 2.75) is 33.2 Å². The summed E-state index contributed by atoms with van der Waals surface area (Å²) in [5.74, 6) is -0.287. The number of thiocarbonyl (C=S) groups is 1. The van der Waals surface area contributed by atoms with Gasteiger partial charge in [0, 0.05) is 5.02 Å². The number of esters is 1. The van der Waals surface area contributed by atoms with E-state index in [9.17, 15) is 4.79 Å². The maximum absolute atomic E-state index is 11.9. The van der Waals surface area contributed by atoms with Crippen molar-refractivity contribution in [1.82, 2.24) is 0 Å². The monoisotopic (exact) mass is 311 g/mol. The highest BCUT2D eigenvalue weighted by Crippen LogP contribution is 2.28. The van der Waals surface area contributed by atoms with E-state index in [2.05, 4.69) is 10.2 Å². The lowest BCUT2D eigenvalue weighted by molar-refractivity contribution is -0.154. The average Bonchev–Trinajstić information content (AvgIpc) is 2.35. The molecule has 0 saturated heterocycles. The SMILES string of the molecule is CC(C)(C)C(=O)OCC(C)(N=C=S)c1cccc(Cl)c1. The van der Waals surface area contributed by atoms with Crippen LogP contribution in [0.1, 0.15) is 33.3 Å². The lowest BCUT2D eigenvalue weighted by Gasteiger charge is -2.26. The highest BCUT2D eigenvalue weighted by atomic mass is 35.5. The second-order valence-corrected chi connectivity index (χ2v) is 6.43. The summed E-state index contributed by atoms with van der Waals surface area (Å²) in [6.45, 7) is 7.32. The predicted octanol–water partition coefficient (Wildman–Crippen LogP) is 4.25. The first kappa shape index (κ1) is 16.8. The Morgan fingerprint density at radius 1 is 1.40 bits per heavy atom. The molecule has 0 aliphatic carbocycles. The number of hydrogen-bond donors (Lipinski definition) is 0. The molecule has 0 heterocycles. The van der Waals surface area contributed by atoms with Gasteiger partial charge in [-0.3, -0.25) is 4.79 Å². The molecule has 1 atom stereocenters. The molecular weight excluding hydrogens is 294 g/mol. The Morgan fingerprint density at radius 2 is 2.05 bits per heavy atom. The number of hydrogen-bond acceptors (Lipinski definition) is 4. The lowest BCUT2D eigenvalue weighted by Crippen LogP contribution is -2.31. The zero-order valence-electron chi connectivity index (χ0n) is 12.1. The average molecular weight is 312 g/mol. The van der Waals surface area contributed by atoms with E-state index in [4.69, 9.17) is 28.6 Å². The largest absolute Gasteiger partial charge is 0.462 e. The molecular formula is C15H18ClNO2S. The fraction of sp³-hybridized carbons (Fsp3) is 0.467. The fourth-order valence-corrected chi connectivity index (χ4v) is 1.92. The first-order valence-electron chi connectivity index (χ1n) is 6.21. The maximum atomic E-state index is 11.9. The Bertz CT molecular complexity index is 547. The van der Waals surface area contributed by atoms with Crippen molar-refractivity contribution >= 4 is 34.9 Å². The number of nitrogens with zero attached hydrogens (tertiary/aromatic N) is 1. The molecule has 5 heteroatoms. The van der Waals surface area contributed by atoms with Gasteiger partial charge in [-0.25, -0.2) is 4.99 Å². The van der Waals surface area contributed by atoms with Crippen molar-refractivity contribution < 1.29 is 9.53 Å². The van der Waals surface area contributed by atoms with Crippen LogP contribution in [0.2, 0.25) is 5.02 Å². The summed E-state index contributed by atoms with van der Waals surface area (Å²) in [7, 11) is 0. The number of halogens is 1.